The second-order valence-electron chi connectivity index (χ2n) is 6.36. The molecule has 2 aromatic heterocycles. The molecular formula is C18H24N2O4S3. The van der Waals surface area contributed by atoms with Crippen LogP contribution in [0.2, 0.25) is 0 Å². The van der Waals surface area contributed by atoms with Gasteiger partial charge in [0.05, 0.1) is 24.6 Å². The van der Waals surface area contributed by atoms with Gasteiger partial charge < -0.3 is 10.1 Å². The topological polar surface area (TPSA) is 75.7 Å². The number of morpholine rings is 1. The van der Waals surface area contributed by atoms with Gasteiger partial charge in [0, 0.05) is 22.8 Å². The number of sulfonamides is 1. The van der Waals surface area contributed by atoms with E-state index in [9.17, 15) is 13.2 Å². The molecule has 0 saturated carbocycles. The number of ether oxygens (including phenoxy) is 1. The van der Waals surface area contributed by atoms with Crippen molar-refractivity contribution in [1.29, 1.82) is 0 Å². The maximum atomic E-state index is 12.7. The molecule has 3 heterocycles. The highest BCUT2D eigenvalue weighted by molar-refractivity contribution is 7.91. The molecular weight excluding hydrogens is 404 g/mol. The van der Waals surface area contributed by atoms with E-state index in [1.807, 2.05) is 13.0 Å². The normalized spacial score (nSPS) is 15.8. The van der Waals surface area contributed by atoms with Gasteiger partial charge in [-0.15, -0.1) is 22.7 Å². The highest BCUT2D eigenvalue weighted by Crippen LogP contribution is 2.26. The van der Waals surface area contributed by atoms with Crippen LogP contribution in [-0.4, -0.2) is 44.9 Å². The Morgan fingerprint density at radius 1 is 1.26 bits per heavy atom. The van der Waals surface area contributed by atoms with Gasteiger partial charge in [0.2, 0.25) is 0 Å². The van der Waals surface area contributed by atoms with Gasteiger partial charge in [0.25, 0.3) is 15.9 Å². The summed E-state index contributed by atoms with van der Waals surface area (Å²) in [5.74, 6) is -0.114. The lowest BCUT2D eigenvalue weighted by molar-refractivity contribution is 0.0731. The van der Waals surface area contributed by atoms with Gasteiger partial charge in [-0.3, -0.25) is 4.79 Å². The van der Waals surface area contributed by atoms with Crippen molar-refractivity contribution in [3.63, 3.8) is 0 Å². The van der Waals surface area contributed by atoms with Crippen molar-refractivity contribution in [2.24, 2.45) is 0 Å². The third-order valence-electron chi connectivity index (χ3n) is 4.39. The first kappa shape index (κ1) is 20.5. The van der Waals surface area contributed by atoms with Crippen molar-refractivity contribution in [2.75, 3.05) is 26.3 Å². The number of rotatable bonds is 7. The van der Waals surface area contributed by atoms with E-state index in [1.54, 1.807) is 12.1 Å². The molecule has 0 atom stereocenters. The van der Waals surface area contributed by atoms with E-state index in [0.717, 1.165) is 17.7 Å². The Balaban J connectivity index is 1.62. The predicted molar refractivity (Wildman–Crippen MR) is 108 cm³/mol. The van der Waals surface area contributed by atoms with Crippen molar-refractivity contribution in [3.8, 4) is 0 Å². The van der Waals surface area contributed by atoms with E-state index in [4.69, 9.17) is 4.74 Å². The molecule has 2 aromatic rings. The number of nitrogens with one attached hydrogen (secondary N) is 1. The first-order valence-corrected chi connectivity index (χ1v) is 12.0. The van der Waals surface area contributed by atoms with Crippen LogP contribution in [0.4, 0.5) is 0 Å². The number of hydrogen-bond donors (Lipinski definition) is 1. The fourth-order valence-electron chi connectivity index (χ4n) is 2.91. The molecule has 148 valence electrons. The van der Waals surface area contributed by atoms with Gasteiger partial charge in [-0.2, -0.15) is 4.31 Å². The third-order valence-corrected chi connectivity index (χ3v) is 8.93. The summed E-state index contributed by atoms with van der Waals surface area (Å²) in [5, 5.41) is 2.90. The van der Waals surface area contributed by atoms with Gasteiger partial charge in [-0.25, -0.2) is 8.42 Å². The van der Waals surface area contributed by atoms with Crippen LogP contribution in [0.15, 0.2) is 22.4 Å². The van der Waals surface area contributed by atoms with Crippen molar-refractivity contribution in [2.45, 2.75) is 37.4 Å². The monoisotopic (exact) mass is 428 g/mol. The molecule has 9 heteroatoms. The fraction of sp³-hybridized carbons (Fsp3) is 0.500. The number of aryl methyl sites for hydroxylation is 2. The molecule has 6 nitrogen and oxygen atoms in total. The lowest BCUT2D eigenvalue weighted by Gasteiger charge is -2.25. The molecule has 1 saturated heterocycles. The fourth-order valence-corrected chi connectivity index (χ4v) is 6.76. The molecule has 0 radical (unpaired) electrons. The van der Waals surface area contributed by atoms with Crippen molar-refractivity contribution >= 4 is 38.6 Å². The van der Waals surface area contributed by atoms with E-state index in [2.05, 4.69) is 12.2 Å². The Morgan fingerprint density at radius 2 is 2.00 bits per heavy atom. The summed E-state index contributed by atoms with van der Waals surface area (Å²) in [5.41, 5.74) is 1.22. The lowest BCUT2D eigenvalue weighted by Crippen LogP contribution is -2.40. The second-order valence-corrected chi connectivity index (χ2v) is 11.0. The van der Waals surface area contributed by atoms with Crippen LogP contribution in [-0.2, 0) is 27.7 Å². The first-order valence-electron chi connectivity index (χ1n) is 8.96. The Labute approximate surface area is 168 Å². The maximum absolute atomic E-state index is 12.7. The van der Waals surface area contributed by atoms with Crippen LogP contribution in [0.1, 0.15) is 38.3 Å². The van der Waals surface area contributed by atoms with Crippen LogP contribution in [0.5, 0.6) is 0 Å². The Bertz CT molecular complexity index is 896. The van der Waals surface area contributed by atoms with Crippen molar-refractivity contribution in [1.82, 2.24) is 9.62 Å². The van der Waals surface area contributed by atoms with Gasteiger partial charge in [-0.05, 0) is 37.1 Å². The standard InChI is InChI=1S/C18H24N2O4S3/c1-3-4-14-11-16(25-13(14)2)18(21)19-12-15-5-6-17(26-15)27(22,23)20-7-9-24-10-8-20/h5-6,11H,3-4,7-10,12H2,1-2H3,(H,19,21). The summed E-state index contributed by atoms with van der Waals surface area (Å²) in [6, 6.07) is 5.34. The molecule has 0 unspecified atom stereocenters. The molecule has 1 aliphatic heterocycles. The number of hydrogen-bond acceptors (Lipinski definition) is 6. The zero-order valence-electron chi connectivity index (χ0n) is 15.5. The minimum Gasteiger partial charge on any atom is -0.379 e. The highest BCUT2D eigenvalue weighted by Gasteiger charge is 2.27. The van der Waals surface area contributed by atoms with Crippen LogP contribution >= 0.6 is 22.7 Å². The smallest absolute Gasteiger partial charge is 0.261 e. The molecule has 0 aromatic carbocycles. The molecule has 0 bridgehead atoms. The van der Waals surface area contributed by atoms with Crippen LogP contribution < -0.4 is 5.32 Å². The summed E-state index contributed by atoms with van der Waals surface area (Å²) in [4.78, 5) is 15.1. The maximum Gasteiger partial charge on any atom is 0.261 e. The molecule has 1 aliphatic rings. The molecule has 0 aliphatic carbocycles. The van der Waals surface area contributed by atoms with E-state index in [-0.39, 0.29) is 5.91 Å². The zero-order chi connectivity index (χ0) is 19.4. The SMILES string of the molecule is CCCc1cc(C(=O)NCc2ccc(S(=O)(=O)N3CCOCC3)s2)sc1C. The van der Waals surface area contributed by atoms with E-state index in [1.165, 1.54) is 37.4 Å². The highest BCUT2D eigenvalue weighted by atomic mass is 32.2. The molecule has 1 amide bonds. The molecule has 0 spiro atoms. The summed E-state index contributed by atoms with van der Waals surface area (Å²) < 4.78 is 32.3. The van der Waals surface area contributed by atoms with E-state index in [0.29, 0.717) is 41.9 Å². The number of amides is 1. The summed E-state index contributed by atoms with van der Waals surface area (Å²) in [7, 11) is -3.48. The van der Waals surface area contributed by atoms with E-state index < -0.39 is 10.0 Å². The van der Waals surface area contributed by atoms with E-state index >= 15 is 0 Å². The second kappa shape index (κ2) is 8.83. The number of nitrogens with zero attached hydrogens (tertiary/aromatic N) is 1. The number of carbonyl (C=O) groups excluding carboxylic acids is 1. The number of carbonyl (C=O) groups is 1. The number of thiophene rings is 2. The Morgan fingerprint density at radius 3 is 2.70 bits per heavy atom. The van der Waals surface area contributed by atoms with Gasteiger partial charge in [0.1, 0.15) is 4.21 Å². The van der Waals surface area contributed by atoms with Crippen molar-refractivity contribution < 1.29 is 17.9 Å². The summed E-state index contributed by atoms with van der Waals surface area (Å²) >= 11 is 2.71. The zero-order valence-corrected chi connectivity index (χ0v) is 17.9. The average molecular weight is 429 g/mol. The van der Waals surface area contributed by atoms with Crippen LogP contribution in [0.25, 0.3) is 0 Å². The van der Waals surface area contributed by atoms with Crippen LogP contribution in [0.3, 0.4) is 0 Å². The predicted octanol–water partition coefficient (Wildman–Crippen LogP) is 3.02. The largest absolute Gasteiger partial charge is 0.379 e. The van der Waals surface area contributed by atoms with Crippen molar-refractivity contribution in [3.05, 3.63) is 38.4 Å². The summed E-state index contributed by atoms with van der Waals surface area (Å²) in [6.45, 7) is 6.09. The molecule has 3 rings (SSSR count). The quantitative estimate of drug-likeness (QED) is 0.736. The molecule has 27 heavy (non-hydrogen) atoms. The van der Waals surface area contributed by atoms with Gasteiger partial charge in [-0.1, -0.05) is 13.3 Å². The minimum absolute atomic E-state index is 0.114. The summed E-state index contributed by atoms with van der Waals surface area (Å²) in [6.07, 6.45) is 2.03. The third kappa shape index (κ3) is 4.78. The minimum atomic E-state index is -3.48. The van der Waals surface area contributed by atoms with Gasteiger partial charge in [0.15, 0.2) is 0 Å². The van der Waals surface area contributed by atoms with Crippen LogP contribution in [0, 0.1) is 6.92 Å². The first-order chi connectivity index (χ1) is 12.9. The van der Waals surface area contributed by atoms with Gasteiger partial charge >= 0.3 is 0 Å². The lowest BCUT2D eigenvalue weighted by atomic mass is 10.1. The Hall–Kier alpha value is -1.26. The average Bonchev–Trinajstić information content (AvgIpc) is 3.28. The Kier molecular flexibility index (Phi) is 6.69. The molecule has 1 fully saturated rings. The molecule has 1 N–H and O–H groups in total.